The molecule has 2 aliphatic rings. The molecule has 0 aromatic carbocycles. The van der Waals surface area contributed by atoms with Crippen molar-refractivity contribution in [1.29, 1.82) is 0 Å². The fourth-order valence-electron chi connectivity index (χ4n) is 6.66. The molecule has 0 aliphatic heterocycles. The van der Waals surface area contributed by atoms with Gasteiger partial charge in [-0.25, -0.2) is 0 Å². The molecule has 0 heterocycles. The molecule has 110 valence electrons. The molecule has 2 atom stereocenters. The van der Waals surface area contributed by atoms with Crippen LogP contribution in [0.5, 0.6) is 0 Å². The Hall–Kier alpha value is -0.260. The predicted octanol–water partition coefficient (Wildman–Crippen LogP) is 6.08. The van der Waals surface area contributed by atoms with E-state index < -0.39 is 0 Å². The summed E-state index contributed by atoms with van der Waals surface area (Å²) in [5.41, 5.74) is 4.87. The second-order valence-corrected chi connectivity index (χ2v) is 9.82. The first-order chi connectivity index (χ1) is 8.27. The molecule has 0 nitrogen and oxygen atoms in total. The van der Waals surface area contributed by atoms with Crippen molar-refractivity contribution in [2.45, 2.75) is 75.7 Å². The van der Waals surface area contributed by atoms with Crippen LogP contribution >= 0.6 is 0 Å². The third-order valence-electron chi connectivity index (χ3n) is 7.12. The quantitative estimate of drug-likeness (QED) is 0.464. The summed E-state index contributed by atoms with van der Waals surface area (Å²) in [6, 6.07) is 0. The molecular formula is C19H34. The fourth-order valence-corrected chi connectivity index (χ4v) is 6.66. The minimum Gasteiger partial charge on any atom is -0.0699 e. The van der Waals surface area contributed by atoms with Crippen molar-refractivity contribution in [1.82, 2.24) is 0 Å². The zero-order chi connectivity index (χ0) is 15.0. The second kappa shape index (κ2) is 3.68. The van der Waals surface area contributed by atoms with Gasteiger partial charge in [0.15, 0.2) is 0 Å². The second-order valence-electron chi connectivity index (χ2n) is 9.82. The van der Waals surface area contributed by atoms with Crippen LogP contribution in [0.25, 0.3) is 0 Å². The number of allylic oxidation sites excluding steroid dienone is 2. The van der Waals surface area contributed by atoms with Gasteiger partial charge in [0.2, 0.25) is 0 Å². The lowest BCUT2D eigenvalue weighted by atomic mass is 9.55. The maximum atomic E-state index is 2.52. The first-order valence-electron chi connectivity index (χ1n) is 7.94. The normalized spacial score (nSPS) is 38.2. The Kier molecular flexibility index (Phi) is 2.93. The molecule has 0 aromatic heterocycles. The van der Waals surface area contributed by atoms with Gasteiger partial charge in [0.1, 0.15) is 0 Å². The van der Waals surface area contributed by atoms with E-state index in [0.29, 0.717) is 27.6 Å². The van der Waals surface area contributed by atoms with Gasteiger partial charge in [-0.05, 0) is 53.8 Å². The minimum absolute atomic E-state index is 0.352. The van der Waals surface area contributed by atoms with Gasteiger partial charge in [-0.15, -0.1) is 0 Å². The Morgan fingerprint density at radius 1 is 0.737 bits per heavy atom. The zero-order valence-electron chi connectivity index (χ0n) is 14.9. The van der Waals surface area contributed by atoms with Crippen molar-refractivity contribution in [3.8, 4) is 0 Å². The van der Waals surface area contributed by atoms with E-state index in [1.165, 1.54) is 6.42 Å². The molecule has 2 rings (SSSR count). The van der Waals surface area contributed by atoms with Gasteiger partial charge in [0, 0.05) is 0 Å². The third-order valence-corrected chi connectivity index (χ3v) is 7.12. The summed E-state index contributed by atoms with van der Waals surface area (Å²) in [4.78, 5) is 0. The van der Waals surface area contributed by atoms with Gasteiger partial charge in [-0.3, -0.25) is 0 Å². The highest BCUT2D eigenvalue weighted by Crippen LogP contribution is 2.70. The molecule has 0 amide bonds. The van der Waals surface area contributed by atoms with Crippen LogP contribution in [0.1, 0.15) is 75.7 Å². The van der Waals surface area contributed by atoms with Gasteiger partial charge in [0.05, 0.1) is 0 Å². The molecule has 1 saturated carbocycles. The van der Waals surface area contributed by atoms with E-state index in [4.69, 9.17) is 0 Å². The molecule has 2 unspecified atom stereocenters. The smallest absolute Gasteiger partial charge is 0.00896 e. The first kappa shape index (κ1) is 15.1. The van der Waals surface area contributed by atoms with Crippen molar-refractivity contribution in [2.75, 3.05) is 0 Å². The molecule has 0 aromatic rings. The number of hydrogen-bond donors (Lipinski definition) is 0. The van der Waals surface area contributed by atoms with E-state index in [1.54, 1.807) is 11.1 Å². The van der Waals surface area contributed by atoms with E-state index in [-0.39, 0.29) is 0 Å². The van der Waals surface area contributed by atoms with Crippen LogP contribution in [0.15, 0.2) is 11.1 Å². The Morgan fingerprint density at radius 2 is 1.16 bits per heavy atom. The van der Waals surface area contributed by atoms with E-state index in [0.717, 1.165) is 5.92 Å². The number of hydrogen-bond acceptors (Lipinski definition) is 0. The molecule has 0 radical (unpaired) electrons. The molecule has 0 N–H and O–H groups in total. The van der Waals surface area contributed by atoms with Crippen LogP contribution in [0.3, 0.4) is 0 Å². The van der Waals surface area contributed by atoms with Crippen LogP contribution in [-0.2, 0) is 0 Å². The summed E-state index contributed by atoms with van der Waals surface area (Å²) < 4.78 is 0. The van der Waals surface area contributed by atoms with Gasteiger partial charge in [0.25, 0.3) is 0 Å². The molecule has 0 saturated heterocycles. The molecular weight excluding hydrogens is 228 g/mol. The van der Waals surface area contributed by atoms with E-state index >= 15 is 0 Å². The molecule has 1 fully saturated rings. The number of rotatable bonds is 0. The highest BCUT2D eigenvalue weighted by molar-refractivity contribution is 5.34. The zero-order valence-corrected chi connectivity index (χ0v) is 14.9. The Bertz CT molecular complexity index is 429. The van der Waals surface area contributed by atoms with E-state index in [2.05, 4.69) is 69.2 Å². The number of fused-ring (bicyclic) bond motifs is 2. The molecule has 0 heteroatoms. The minimum atomic E-state index is 0.352. The molecule has 2 aliphatic carbocycles. The first-order valence-corrected chi connectivity index (χ1v) is 7.94. The molecule has 0 spiro atoms. The molecule has 19 heavy (non-hydrogen) atoms. The lowest BCUT2D eigenvalue weighted by molar-refractivity contribution is 0.0134. The van der Waals surface area contributed by atoms with Crippen LogP contribution in [-0.4, -0.2) is 0 Å². The van der Waals surface area contributed by atoms with Crippen molar-refractivity contribution < 1.29 is 0 Å². The highest BCUT2D eigenvalue weighted by Gasteiger charge is 2.62. The third kappa shape index (κ3) is 1.71. The maximum Gasteiger partial charge on any atom is -0.00896 e. The average molecular weight is 262 g/mol. The van der Waals surface area contributed by atoms with Crippen molar-refractivity contribution in [3.63, 3.8) is 0 Å². The summed E-state index contributed by atoms with van der Waals surface area (Å²) in [5.74, 6) is 1.44. The Balaban J connectivity index is 2.76. The van der Waals surface area contributed by atoms with Gasteiger partial charge >= 0.3 is 0 Å². The van der Waals surface area contributed by atoms with Gasteiger partial charge < -0.3 is 0 Å². The maximum absolute atomic E-state index is 2.52. The van der Waals surface area contributed by atoms with Gasteiger partial charge in [-0.2, -0.15) is 0 Å². The Morgan fingerprint density at radius 3 is 1.63 bits per heavy atom. The fraction of sp³-hybridized carbons (Fsp3) is 0.895. The van der Waals surface area contributed by atoms with Crippen LogP contribution in [0.4, 0.5) is 0 Å². The highest BCUT2D eigenvalue weighted by atomic mass is 14.7. The van der Waals surface area contributed by atoms with E-state index in [9.17, 15) is 0 Å². The predicted molar refractivity (Wildman–Crippen MR) is 85.1 cm³/mol. The monoisotopic (exact) mass is 262 g/mol. The largest absolute Gasteiger partial charge is 0.0699 e. The summed E-state index contributed by atoms with van der Waals surface area (Å²) in [6.07, 6.45) is 1.32. The summed E-state index contributed by atoms with van der Waals surface area (Å²) in [6.45, 7) is 24.9. The lowest BCUT2D eigenvalue weighted by Gasteiger charge is -2.50. The van der Waals surface area contributed by atoms with Crippen LogP contribution in [0.2, 0.25) is 0 Å². The standard InChI is InChI=1S/C19H34/c1-12-13(2)15-18(7,8)14(12)16(3,4)11-17(5,6)19(15,9)10/h14-15H,11H2,1-10H3. The Labute approximate surface area is 121 Å². The van der Waals surface area contributed by atoms with Crippen molar-refractivity contribution in [3.05, 3.63) is 11.1 Å². The lowest BCUT2D eigenvalue weighted by Crippen LogP contribution is -2.43. The topological polar surface area (TPSA) is 0 Å². The summed E-state index contributed by atoms with van der Waals surface area (Å²) >= 11 is 0. The summed E-state index contributed by atoms with van der Waals surface area (Å²) in [7, 11) is 0. The summed E-state index contributed by atoms with van der Waals surface area (Å²) in [5, 5.41) is 0. The van der Waals surface area contributed by atoms with Crippen LogP contribution in [0, 0.1) is 33.5 Å². The molecule has 2 bridgehead atoms. The van der Waals surface area contributed by atoms with Crippen molar-refractivity contribution in [2.24, 2.45) is 33.5 Å². The van der Waals surface area contributed by atoms with Crippen LogP contribution < -0.4 is 0 Å². The average Bonchev–Trinajstić information content (AvgIpc) is 2.28. The van der Waals surface area contributed by atoms with E-state index in [1.807, 2.05) is 0 Å². The van der Waals surface area contributed by atoms with Crippen molar-refractivity contribution >= 4 is 0 Å². The SMILES string of the molecule is CC1=C(C)C2C(C)(C)C1C(C)(C)CC(C)(C)C2(C)C. The van der Waals surface area contributed by atoms with Gasteiger partial charge in [-0.1, -0.05) is 66.5 Å².